The molecule has 2 aromatic rings. The van der Waals surface area contributed by atoms with E-state index >= 15 is 0 Å². The van der Waals surface area contributed by atoms with Gasteiger partial charge in [0.15, 0.2) is 5.82 Å². The van der Waals surface area contributed by atoms with Crippen molar-refractivity contribution in [1.29, 1.82) is 0 Å². The highest BCUT2D eigenvalue weighted by Crippen LogP contribution is 2.12. The molecule has 0 spiro atoms. The number of anilines is 1. The van der Waals surface area contributed by atoms with Crippen LogP contribution in [0.2, 0.25) is 0 Å². The van der Waals surface area contributed by atoms with Crippen LogP contribution in [-0.4, -0.2) is 62.6 Å². The predicted molar refractivity (Wildman–Crippen MR) is 89.4 cm³/mol. The largest absolute Gasteiger partial charge is 0.360 e. The van der Waals surface area contributed by atoms with E-state index < -0.39 is 0 Å². The lowest BCUT2D eigenvalue weighted by Gasteiger charge is -2.37. The van der Waals surface area contributed by atoms with E-state index in [4.69, 9.17) is 4.52 Å². The number of hydrogen-bond donors (Lipinski definition) is 1. The number of piperazine rings is 1. The van der Waals surface area contributed by atoms with Gasteiger partial charge in [-0.15, -0.1) is 0 Å². The third-order valence-electron chi connectivity index (χ3n) is 4.50. The van der Waals surface area contributed by atoms with Crippen molar-refractivity contribution >= 4 is 11.7 Å². The Bertz CT molecular complexity index is 686. The van der Waals surface area contributed by atoms with Crippen molar-refractivity contribution in [3.8, 4) is 0 Å². The van der Waals surface area contributed by atoms with Gasteiger partial charge >= 0.3 is 0 Å². The van der Waals surface area contributed by atoms with Gasteiger partial charge in [0, 0.05) is 51.7 Å². The van der Waals surface area contributed by atoms with Crippen molar-refractivity contribution in [1.82, 2.24) is 24.5 Å². The van der Waals surface area contributed by atoms with Gasteiger partial charge < -0.3 is 14.4 Å². The Balaban J connectivity index is 1.48. The Hall–Kier alpha value is -2.19. The molecule has 130 valence electrons. The second-order valence-corrected chi connectivity index (χ2v) is 6.25. The van der Waals surface area contributed by atoms with E-state index in [9.17, 15) is 4.79 Å². The van der Waals surface area contributed by atoms with Crippen LogP contribution in [0.25, 0.3) is 0 Å². The van der Waals surface area contributed by atoms with Crippen molar-refractivity contribution in [2.75, 3.05) is 31.5 Å². The molecule has 0 saturated carbocycles. The van der Waals surface area contributed by atoms with Gasteiger partial charge in [-0.05, 0) is 13.8 Å². The zero-order valence-corrected chi connectivity index (χ0v) is 14.4. The van der Waals surface area contributed by atoms with Gasteiger partial charge in [0.2, 0.25) is 5.91 Å². The molecule has 1 fully saturated rings. The van der Waals surface area contributed by atoms with E-state index in [0.717, 1.165) is 38.5 Å². The fourth-order valence-corrected chi connectivity index (χ4v) is 2.88. The minimum atomic E-state index is -0.197. The second-order valence-electron chi connectivity index (χ2n) is 6.25. The smallest absolute Gasteiger partial charge is 0.242 e. The Morgan fingerprint density at radius 2 is 2.12 bits per heavy atom. The monoisotopic (exact) mass is 332 g/mol. The van der Waals surface area contributed by atoms with Crippen LogP contribution in [0.4, 0.5) is 5.82 Å². The number of aromatic nitrogens is 3. The summed E-state index contributed by atoms with van der Waals surface area (Å²) < 4.78 is 7.02. The molecule has 1 aliphatic rings. The zero-order valence-electron chi connectivity index (χ0n) is 14.4. The van der Waals surface area contributed by atoms with Crippen LogP contribution in [0.3, 0.4) is 0 Å². The standard InChI is InChI=1S/C16H24N6O2/c1-12-10-14(19-24-12)18-16(23)13(2)22-8-6-21(7-9-22)11-15-17-4-5-20(15)3/h4-5,10,13H,6-9,11H2,1-3H3,(H,18,19,23)/t13-/m0/s1. The van der Waals surface area contributed by atoms with Crippen LogP contribution in [0.1, 0.15) is 18.5 Å². The minimum absolute atomic E-state index is 0.0548. The second kappa shape index (κ2) is 7.14. The van der Waals surface area contributed by atoms with Crippen molar-refractivity contribution in [2.24, 2.45) is 7.05 Å². The van der Waals surface area contributed by atoms with Gasteiger partial charge in [0.05, 0.1) is 12.6 Å². The van der Waals surface area contributed by atoms with Crippen LogP contribution in [0.15, 0.2) is 23.0 Å². The normalized spacial score (nSPS) is 17.8. The van der Waals surface area contributed by atoms with E-state index in [-0.39, 0.29) is 11.9 Å². The van der Waals surface area contributed by atoms with Gasteiger partial charge in [-0.2, -0.15) is 0 Å². The zero-order chi connectivity index (χ0) is 17.1. The number of nitrogens with zero attached hydrogens (tertiary/aromatic N) is 5. The average Bonchev–Trinajstić information content (AvgIpc) is 3.16. The Morgan fingerprint density at radius 3 is 2.71 bits per heavy atom. The number of aryl methyl sites for hydroxylation is 2. The first-order valence-corrected chi connectivity index (χ1v) is 8.19. The molecule has 2 aromatic heterocycles. The molecule has 1 N–H and O–H groups in total. The Kier molecular flexibility index (Phi) is 4.96. The molecule has 0 aliphatic carbocycles. The summed E-state index contributed by atoms with van der Waals surface area (Å²) in [4.78, 5) is 21.3. The maximum absolute atomic E-state index is 12.3. The number of rotatable bonds is 5. The molecule has 3 rings (SSSR count). The van der Waals surface area contributed by atoms with Crippen molar-refractivity contribution in [3.05, 3.63) is 30.0 Å². The quantitative estimate of drug-likeness (QED) is 0.875. The highest BCUT2D eigenvalue weighted by atomic mass is 16.5. The Labute approximate surface area is 141 Å². The molecule has 3 heterocycles. The fourth-order valence-electron chi connectivity index (χ4n) is 2.88. The van der Waals surface area contributed by atoms with Crippen LogP contribution >= 0.6 is 0 Å². The highest BCUT2D eigenvalue weighted by molar-refractivity contribution is 5.93. The molecule has 0 radical (unpaired) electrons. The van der Waals surface area contributed by atoms with Gasteiger partial charge in [-0.25, -0.2) is 4.98 Å². The lowest BCUT2D eigenvalue weighted by molar-refractivity contribution is -0.121. The predicted octanol–water partition coefficient (Wildman–Crippen LogP) is 0.861. The number of carbonyl (C=O) groups is 1. The summed E-state index contributed by atoms with van der Waals surface area (Å²) in [7, 11) is 2.01. The van der Waals surface area contributed by atoms with Gasteiger partial charge in [-0.3, -0.25) is 14.6 Å². The first-order chi connectivity index (χ1) is 11.5. The van der Waals surface area contributed by atoms with E-state index in [1.165, 1.54) is 0 Å². The third-order valence-corrected chi connectivity index (χ3v) is 4.50. The first kappa shape index (κ1) is 16.7. The summed E-state index contributed by atoms with van der Waals surface area (Å²) in [6.07, 6.45) is 3.78. The molecular formula is C16H24N6O2. The molecule has 1 saturated heterocycles. The number of carbonyl (C=O) groups excluding carboxylic acids is 1. The maximum Gasteiger partial charge on any atom is 0.242 e. The molecule has 8 nitrogen and oxygen atoms in total. The summed E-state index contributed by atoms with van der Waals surface area (Å²) in [5, 5.41) is 6.60. The van der Waals surface area contributed by atoms with E-state index in [0.29, 0.717) is 11.6 Å². The molecular weight excluding hydrogens is 308 g/mol. The third kappa shape index (κ3) is 3.82. The van der Waals surface area contributed by atoms with Crippen molar-refractivity contribution < 1.29 is 9.32 Å². The highest BCUT2D eigenvalue weighted by Gasteiger charge is 2.26. The number of nitrogens with one attached hydrogen (secondary N) is 1. The molecule has 24 heavy (non-hydrogen) atoms. The summed E-state index contributed by atoms with van der Waals surface area (Å²) >= 11 is 0. The van der Waals surface area contributed by atoms with Crippen LogP contribution < -0.4 is 5.32 Å². The molecule has 1 atom stereocenters. The first-order valence-electron chi connectivity index (χ1n) is 8.19. The number of amides is 1. The molecule has 8 heteroatoms. The van der Waals surface area contributed by atoms with Crippen LogP contribution in [0, 0.1) is 6.92 Å². The van der Waals surface area contributed by atoms with E-state index in [1.54, 1.807) is 13.0 Å². The van der Waals surface area contributed by atoms with E-state index in [2.05, 4.69) is 25.3 Å². The number of imidazole rings is 1. The van der Waals surface area contributed by atoms with Gasteiger partial charge in [0.1, 0.15) is 11.6 Å². The van der Waals surface area contributed by atoms with Crippen LogP contribution in [-0.2, 0) is 18.4 Å². The molecule has 1 amide bonds. The van der Waals surface area contributed by atoms with Gasteiger partial charge in [-0.1, -0.05) is 5.16 Å². The minimum Gasteiger partial charge on any atom is -0.360 e. The summed E-state index contributed by atoms with van der Waals surface area (Å²) in [6.45, 7) is 8.13. The molecule has 1 aliphatic heterocycles. The lowest BCUT2D eigenvalue weighted by atomic mass is 10.2. The van der Waals surface area contributed by atoms with Gasteiger partial charge in [0.25, 0.3) is 0 Å². The summed E-state index contributed by atoms with van der Waals surface area (Å²) in [5.41, 5.74) is 0. The summed E-state index contributed by atoms with van der Waals surface area (Å²) in [5.74, 6) is 2.16. The lowest BCUT2D eigenvalue weighted by Crippen LogP contribution is -2.52. The van der Waals surface area contributed by atoms with Crippen molar-refractivity contribution in [3.63, 3.8) is 0 Å². The van der Waals surface area contributed by atoms with Crippen LogP contribution in [0.5, 0.6) is 0 Å². The fraction of sp³-hybridized carbons (Fsp3) is 0.562. The maximum atomic E-state index is 12.3. The average molecular weight is 332 g/mol. The van der Waals surface area contributed by atoms with E-state index in [1.807, 2.05) is 30.9 Å². The van der Waals surface area contributed by atoms with Crippen molar-refractivity contribution in [2.45, 2.75) is 26.4 Å². The topological polar surface area (TPSA) is 79.4 Å². The molecule has 0 bridgehead atoms. The number of hydrogen-bond acceptors (Lipinski definition) is 6. The molecule has 0 aromatic carbocycles. The SMILES string of the molecule is Cc1cc(NC(=O)[C@H](C)N2CCN(Cc3nccn3C)CC2)no1. The summed E-state index contributed by atoms with van der Waals surface area (Å²) in [6, 6.07) is 1.52. The molecule has 0 unspecified atom stereocenters. The Morgan fingerprint density at radius 1 is 1.38 bits per heavy atom.